The number of para-hydroxylation sites is 1. The summed E-state index contributed by atoms with van der Waals surface area (Å²) in [6.07, 6.45) is 1.54. The van der Waals surface area contributed by atoms with Gasteiger partial charge in [0, 0.05) is 30.3 Å². The maximum absolute atomic E-state index is 14.6. The number of amides is 1. The van der Waals surface area contributed by atoms with Crippen molar-refractivity contribution in [3.05, 3.63) is 64.3 Å². The number of anilines is 3. The number of nitrogens with two attached hydrogens (primary N) is 1. The molecule has 246 valence electrons. The van der Waals surface area contributed by atoms with Crippen LogP contribution in [-0.2, 0) is 19.3 Å². The zero-order valence-corrected chi connectivity index (χ0v) is 26.3. The van der Waals surface area contributed by atoms with Gasteiger partial charge < -0.3 is 39.9 Å². The summed E-state index contributed by atoms with van der Waals surface area (Å²) in [4.78, 5) is 33.3. The van der Waals surface area contributed by atoms with Gasteiger partial charge in [-0.3, -0.25) is 14.9 Å². The molecule has 0 aliphatic carbocycles. The van der Waals surface area contributed by atoms with Gasteiger partial charge in [0.05, 0.1) is 57.4 Å². The number of hydrogen-bond acceptors (Lipinski definition) is 12. The smallest absolute Gasteiger partial charge is 0.297 e. The summed E-state index contributed by atoms with van der Waals surface area (Å²) < 4.78 is 52.7. The van der Waals surface area contributed by atoms with Crippen molar-refractivity contribution >= 4 is 49.5 Å². The molecule has 1 amide bonds. The fraction of sp³-hybridized carbons (Fsp3) is 0.355. The van der Waals surface area contributed by atoms with Gasteiger partial charge in [-0.15, -0.1) is 0 Å². The molecule has 3 aliphatic rings. The van der Waals surface area contributed by atoms with Crippen LogP contribution in [0.4, 0.5) is 22.7 Å². The minimum Gasteiger partial charge on any atom is -0.489 e. The Balaban J connectivity index is 1.40. The summed E-state index contributed by atoms with van der Waals surface area (Å²) in [5.74, 6) is -0.636. The first kappa shape index (κ1) is 30.7. The number of ether oxygens (including phenoxy) is 4. The van der Waals surface area contributed by atoms with Crippen molar-refractivity contribution in [2.75, 3.05) is 36.6 Å². The first-order valence-corrected chi connectivity index (χ1v) is 16.5. The average Bonchev–Trinajstić information content (AvgIpc) is 3.51. The van der Waals surface area contributed by atoms with E-state index in [0.717, 1.165) is 11.5 Å². The molecule has 16 heteroatoms. The number of aromatic amines is 1. The molecule has 4 N–H and O–H groups in total. The monoisotopic (exact) mass is 664 g/mol. The topological polar surface area (TPSA) is 201 Å². The van der Waals surface area contributed by atoms with E-state index >= 15 is 0 Å². The number of primary amides is 1. The minimum atomic E-state index is -4.56. The number of aromatic nitrogens is 2. The first-order valence-electron chi connectivity index (χ1n) is 15.1. The van der Waals surface area contributed by atoms with Gasteiger partial charge in [0.1, 0.15) is 24.0 Å². The molecule has 4 aromatic rings. The van der Waals surface area contributed by atoms with Gasteiger partial charge in [0.25, 0.3) is 11.6 Å². The SMILES string of the molecule is CC(C)OC[C@H]1COc2cc(S(=O)(=O)c3cccc(C(N)=O)c3N3c4cc5cc[nH]c5nc4O[C@H]4COCC[C@H]43)cc([N+](=O)[O-])c2N1. The van der Waals surface area contributed by atoms with E-state index in [1.54, 1.807) is 17.2 Å². The van der Waals surface area contributed by atoms with Crippen molar-refractivity contribution in [3.63, 3.8) is 0 Å². The van der Waals surface area contributed by atoms with Crippen molar-refractivity contribution in [1.82, 2.24) is 9.97 Å². The summed E-state index contributed by atoms with van der Waals surface area (Å²) in [5.41, 5.74) is 6.40. The number of sulfone groups is 1. The molecule has 5 heterocycles. The largest absolute Gasteiger partial charge is 0.489 e. The van der Waals surface area contributed by atoms with E-state index in [0.29, 0.717) is 24.4 Å². The van der Waals surface area contributed by atoms with E-state index in [2.05, 4.69) is 15.3 Å². The highest BCUT2D eigenvalue weighted by atomic mass is 32.2. The highest BCUT2D eigenvalue weighted by molar-refractivity contribution is 7.91. The number of fused-ring (bicyclic) bond motifs is 4. The van der Waals surface area contributed by atoms with Crippen LogP contribution in [0.2, 0.25) is 0 Å². The predicted octanol–water partition coefficient (Wildman–Crippen LogP) is 3.69. The van der Waals surface area contributed by atoms with Crippen molar-refractivity contribution in [2.45, 2.75) is 54.4 Å². The molecule has 2 aromatic carbocycles. The van der Waals surface area contributed by atoms with Crippen LogP contribution in [0.3, 0.4) is 0 Å². The third kappa shape index (κ3) is 5.37. The van der Waals surface area contributed by atoms with Gasteiger partial charge in [-0.25, -0.2) is 8.42 Å². The quantitative estimate of drug-likeness (QED) is 0.182. The Morgan fingerprint density at radius 1 is 1.23 bits per heavy atom. The molecule has 47 heavy (non-hydrogen) atoms. The van der Waals surface area contributed by atoms with E-state index in [4.69, 9.17) is 24.7 Å². The van der Waals surface area contributed by atoms with Crippen molar-refractivity contribution in [1.29, 1.82) is 0 Å². The number of nitrogens with zero attached hydrogens (tertiary/aromatic N) is 3. The molecule has 0 unspecified atom stereocenters. The van der Waals surface area contributed by atoms with Gasteiger partial charge in [-0.2, -0.15) is 4.98 Å². The van der Waals surface area contributed by atoms with Crippen LogP contribution in [0.15, 0.2) is 58.5 Å². The summed E-state index contributed by atoms with van der Waals surface area (Å²) >= 11 is 0. The summed E-state index contributed by atoms with van der Waals surface area (Å²) in [6, 6.07) is 9.23. The van der Waals surface area contributed by atoms with Crippen molar-refractivity contribution < 1.29 is 37.1 Å². The number of carbonyl (C=O) groups is 1. The van der Waals surface area contributed by atoms with Crippen LogP contribution in [0, 0.1) is 10.1 Å². The molecular weight excluding hydrogens is 632 g/mol. The molecule has 1 saturated heterocycles. The van der Waals surface area contributed by atoms with E-state index < -0.39 is 38.5 Å². The third-order valence-electron chi connectivity index (χ3n) is 8.38. The van der Waals surface area contributed by atoms with Crippen LogP contribution in [-0.4, -0.2) is 79.9 Å². The number of H-pyrrole nitrogens is 1. The maximum atomic E-state index is 14.6. The van der Waals surface area contributed by atoms with Gasteiger partial charge >= 0.3 is 0 Å². The lowest BCUT2D eigenvalue weighted by Crippen LogP contribution is -2.53. The number of benzene rings is 2. The molecule has 0 bridgehead atoms. The second-order valence-electron chi connectivity index (χ2n) is 11.8. The fourth-order valence-corrected chi connectivity index (χ4v) is 7.72. The first-order chi connectivity index (χ1) is 22.5. The summed E-state index contributed by atoms with van der Waals surface area (Å²) in [5, 5.41) is 16.1. The van der Waals surface area contributed by atoms with E-state index in [9.17, 15) is 23.3 Å². The van der Waals surface area contributed by atoms with Crippen LogP contribution in [0.5, 0.6) is 11.6 Å². The van der Waals surface area contributed by atoms with Gasteiger partial charge in [0.2, 0.25) is 15.7 Å². The van der Waals surface area contributed by atoms with Crippen molar-refractivity contribution in [2.24, 2.45) is 5.73 Å². The lowest BCUT2D eigenvalue weighted by atomic mass is 9.98. The number of hydrogen-bond donors (Lipinski definition) is 3. The maximum Gasteiger partial charge on any atom is 0.297 e. The van der Waals surface area contributed by atoms with Crippen LogP contribution in [0.25, 0.3) is 11.0 Å². The van der Waals surface area contributed by atoms with Crippen LogP contribution < -0.4 is 25.4 Å². The molecule has 0 saturated carbocycles. The molecular formula is C31H32N6O9S. The molecule has 1 fully saturated rings. The van der Waals surface area contributed by atoms with Gasteiger partial charge in [-0.1, -0.05) is 6.07 Å². The average molecular weight is 665 g/mol. The van der Waals surface area contributed by atoms with E-state index in [-0.39, 0.29) is 70.3 Å². The minimum absolute atomic E-state index is 0.00596. The standard InChI is InChI=1S/C31H32N6O9S/c1-16(2)44-13-18-14-45-24-12-19(11-22(37(39)40)27(24)34-18)47(41,42)26-5-3-4-20(29(32)38)28(26)36-21-7-9-43-15-25(21)46-31-23(36)10-17-6-8-33-30(17)35-31/h3-6,8,10-12,16,18,21,25,34H,7,9,13-15H2,1-2H3,(H2,32,38)(H,33,35)/t18-,21+,25-/m0/s1. The Labute approximate surface area is 269 Å². The molecule has 0 radical (unpaired) electrons. The fourth-order valence-electron chi connectivity index (χ4n) is 6.21. The number of nitro groups is 1. The van der Waals surface area contributed by atoms with Crippen LogP contribution >= 0.6 is 0 Å². The van der Waals surface area contributed by atoms with E-state index in [1.165, 1.54) is 24.3 Å². The molecule has 3 atom stereocenters. The third-order valence-corrected chi connectivity index (χ3v) is 10.1. The molecule has 3 aliphatic heterocycles. The Bertz CT molecular complexity index is 2010. The summed E-state index contributed by atoms with van der Waals surface area (Å²) in [6.45, 7) is 4.63. The molecule has 7 rings (SSSR count). The Hall–Kier alpha value is -4.93. The Morgan fingerprint density at radius 2 is 2.06 bits per heavy atom. The lowest BCUT2D eigenvalue weighted by Gasteiger charge is -2.45. The van der Waals surface area contributed by atoms with Crippen LogP contribution in [0.1, 0.15) is 30.6 Å². The number of nitrogens with one attached hydrogen (secondary N) is 2. The van der Waals surface area contributed by atoms with Crippen molar-refractivity contribution in [3.8, 4) is 11.6 Å². The normalized spacial score (nSPS) is 20.4. The van der Waals surface area contributed by atoms with Gasteiger partial charge in [0.15, 0.2) is 11.4 Å². The van der Waals surface area contributed by atoms with Gasteiger partial charge in [-0.05, 0) is 44.5 Å². The lowest BCUT2D eigenvalue weighted by molar-refractivity contribution is -0.384. The zero-order valence-electron chi connectivity index (χ0n) is 25.5. The highest BCUT2D eigenvalue weighted by Gasteiger charge is 2.44. The number of carbonyl (C=O) groups excluding carboxylic acids is 1. The second-order valence-corrected chi connectivity index (χ2v) is 13.7. The second kappa shape index (κ2) is 11.7. The molecule has 0 spiro atoms. The highest BCUT2D eigenvalue weighted by Crippen LogP contribution is 2.48. The number of nitro benzene ring substituents is 1. The van der Waals surface area contributed by atoms with E-state index in [1.807, 2.05) is 19.9 Å². The number of pyridine rings is 1. The molecule has 15 nitrogen and oxygen atoms in total. The Morgan fingerprint density at radius 3 is 2.83 bits per heavy atom. The predicted molar refractivity (Wildman–Crippen MR) is 169 cm³/mol. The zero-order chi connectivity index (χ0) is 33.0. The molecule has 2 aromatic heterocycles. The Kier molecular flexibility index (Phi) is 7.65. The number of rotatable bonds is 8. The summed E-state index contributed by atoms with van der Waals surface area (Å²) in [7, 11) is -4.56.